The zero-order valence-electron chi connectivity index (χ0n) is 22.9. The maximum Gasteiger partial charge on any atom is 0.305 e. The first kappa shape index (κ1) is 29.4. The van der Waals surface area contributed by atoms with Crippen molar-refractivity contribution in [3.05, 3.63) is 48.0 Å². The molecule has 0 fully saturated rings. The maximum atomic E-state index is 12.5. The summed E-state index contributed by atoms with van der Waals surface area (Å²) in [5.74, 6) is 0.242. The minimum Gasteiger partial charge on any atom is -0.465 e. The van der Waals surface area contributed by atoms with Crippen LogP contribution in [0.15, 0.2) is 42.5 Å². The molecule has 196 valence electrons. The van der Waals surface area contributed by atoms with Crippen molar-refractivity contribution >= 4 is 16.7 Å². The third-order valence-corrected chi connectivity index (χ3v) is 7.10. The van der Waals surface area contributed by atoms with Crippen molar-refractivity contribution in [1.82, 2.24) is 4.90 Å². The van der Waals surface area contributed by atoms with Crippen LogP contribution in [0.3, 0.4) is 0 Å². The second-order valence-corrected chi connectivity index (χ2v) is 10.5. The third-order valence-electron chi connectivity index (χ3n) is 7.10. The lowest BCUT2D eigenvalue weighted by atomic mass is 9.89. The molecule has 0 heterocycles. The van der Waals surface area contributed by atoms with Gasteiger partial charge in [0.05, 0.1) is 6.61 Å². The summed E-state index contributed by atoms with van der Waals surface area (Å²) in [6.45, 7) is 3.92. The standard InChI is InChI=1S/C32H51NO2/c1-4-5-6-7-8-9-10-11-15-25-32(34)35-27-29(21-14-12-13-18-26-33(2)3)31-24-19-22-28-20-16-17-23-30(28)31/h16-17,19-20,22-24,29H,4-15,18,21,25-27H2,1-3H3. The van der Waals surface area contributed by atoms with Gasteiger partial charge in [0.2, 0.25) is 0 Å². The molecule has 0 N–H and O–H groups in total. The summed E-state index contributed by atoms with van der Waals surface area (Å²) >= 11 is 0. The molecule has 2 rings (SSSR count). The van der Waals surface area contributed by atoms with E-state index in [2.05, 4.69) is 68.4 Å². The summed E-state index contributed by atoms with van der Waals surface area (Å²) in [4.78, 5) is 14.8. The molecule has 0 saturated heterocycles. The van der Waals surface area contributed by atoms with Crippen molar-refractivity contribution in [1.29, 1.82) is 0 Å². The molecule has 3 nitrogen and oxygen atoms in total. The number of carbonyl (C=O) groups is 1. The van der Waals surface area contributed by atoms with Gasteiger partial charge in [-0.15, -0.1) is 0 Å². The van der Waals surface area contributed by atoms with Gasteiger partial charge in [0.15, 0.2) is 0 Å². The highest BCUT2D eigenvalue weighted by Crippen LogP contribution is 2.30. The van der Waals surface area contributed by atoms with Crippen LogP contribution in [0.2, 0.25) is 0 Å². The predicted octanol–water partition coefficient (Wildman–Crippen LogP) is 8.90. The Morgan fingerprint density at radius 1 is 0.771 bits per heavy atom. The molecule has 0 bridgehead atoms. The van der Waals surface area contributed by atoms with Gasteiger partial charge in [-0.25, -0.2) is 0 Å². The number of carbonyl (C=O) groups excluding carboxylic acids is 1. The molecule has 0 aliphatic rings. The average molecular weight is 482 g/mol. The van der Waals surface area contributed by atoms with E-state index < -0.39 is 0 Å². The fourth-order valence-electron chi connectivity index (χ4n) is 4.95. The number of unbranched alkanes of at least 4 members (excludes halogenated alkanes) is 11. The van der Waals surface area contributed by atoms with Gasteiger partial charge in [-0.2, -0.15) is 0 Å². The molecule has 35 heavy (non-hydrogen) atoms. The number of fused-ring (bicyclic) bond motifs is 1. The Hall–Kier alpha value is -1.87. The second kappa shape index (κ2) is 18.4. The molecule has 0 aromatic heterocycles. The van der Waals surface area contributed by atoms with Gasteiger partial charge < -0.3 is 9.64 Å². The molecule has 2 aromatic carbocycles. The summed E-state index contributed by atoms with van der Waals surface area (Å²) < 4.78 is 5.84. The highest BCUT2D eigenvalue weighted by molar-refractivity contribution is 5.86. The molecule has 1 atom stereocenters. The quantitative estimate of drug-likeness (QED) is 0.140. The molecule has 0 saturated carbocycles. The number of ether oxygens (including phenoxy) is 1. The highest BCUT2D eigenvalue weighted by atomic mass is 16.5. The topological polar surface area (TPSA) is 29.5 Å². The molecular weight excluding hydrogens is 430 g/mol. The number of hydrogen-bond donors (Lipinski definition) is 0. The Kier molecular flexibility index (Phi) is 15.4. The van der Waals surface area contributed by atoms with Crippen LogP contribution in [0, 0.1) is 0 Å². The Morgan fingerprint density at radius 2 is 1.40 bits per heavy atom. The van der Waals surface area contributed by atoms with Crippen molar-refractivity contribution in [2.75, 3.05) is 27.2 Å². The number of nitrogens with zero attached hydrogens (tertiary/aromatic N) is 1. The van der Waals surface area contributed by atoms with Crippen molar-refractivity contribution in [3.63, 3.8) is 0 Å². The number of benzene rings is 2. The second-order valence-electron chi connectivity index (χ2n) is 10.5. The molecule has 2 aromatic rings. The van der Waals surface area contributed by atoms with Gasteiger partial charge in [-0.05, 0) is 56.2 Å². The third kappa shape index (κ3) is 12.6. The Balaban J connectivity index is 1.78. The lowest BCUT2D eigenvalue weighted by Gasteiger charge is -2.20. The molecule has 0 aliphatic carbocycles. The summed E-state index contributed by atoms with van der Waals surface area (Å²) in [5, 5.41) is 2.56. The summed E-state index contributed by atoms with van der Waals surface area (Å²) in [5.41, 5.74) is 1.33. The molecule has 0 radical (unpaired) electrons. The molecule has 0 amide bonds. The van der Waals surface area contributed by atoms with Gasteiger partial charge >= 0.3 is 5.97 Å². The van der Waals surface area contributed by atoms with Gasteiger partial charge in [0.1, 0.15) is 0 Å². The molecule has 0 spiro atoms. The van der Waals surface area contributed by atoms with Crippen LogP contribution in [0.4, 0.5) is 0 Å². The van der Waals surface area contributed by atoms with E-state index in [1.807, 2.05) is 0 Å². The Morgan fingerprint density at radius 3 is 2.14 bits per heavy atom. The summed E-state index contributed by atoms with van der Waals surface area (Å²) in [6, 6.07) is 15.1. The van der Waals surface area contributed by atoms with Gasteiger partial charge in [0.25, 0.3) is 0 Å². The van der Waals surface area contributed by atoms with E-state index in [-0.39, 0.29) is 11.9 Å². The lowest BCUT2D eigenvalue weighted by molar-refractivity contribution is -0.144. The van der Waals surface area contributed by atoms with E-state index in [0.717, 1.165) is 25.8 Å². The van der Waals surface area contributed by atoms with E-state index in [9.17, 15) is 4.79 Å². The predicted molar refractivity (Wildman–Crippen MR) is 151 cm³/mol. The number of hydrogen-bond acceptors (Lipinski definition) is 3. The monoisotopic (exact) mass is 481 g/mol. The van der Waals surface area contributed by atoms with Crippen LogP contribution < -0.4 is 0 Å². The number of esters is 1. The summed E-state index contributed by atoms with van der Waals surface area (Å²) in [6.07, 6.45) is 17.9. The Bertz CT molecular complexity index is 811. The van der Waals surface area contributed by atoms with Crippen LogP contribution in [0.5, 0.6) is 0 Å². The fraction of sp³-hybridized carbons (Fsp3) is 0.656. The average Bonchev–Trinajstić information content (AvgIpc) is 2.86. The van der Waals surface area contributed by atoms with E-state index in [4.69, 9.17) is 4.74 Å². The SMILES string of the molecule is CCCCCCCCCCCC(=O)OCC(CCCCCCN(C)C)c1cccc2ccccc12. The van der Waals surface area contributed by atoms with Crippen LogP contribution >= 0.6 is 0 Å². The van der Waals surface area contributed by atoms with E-state index in [1.54, 1.807) is 0 Å². The fourth-order valence-corrected chi connectivity index (χ4v) is 4.95. The van der Waals surface area contributed by atoms with E-state index in [1.165, 1.54) is 87.0 Å². The first-order valence-electron chi connectivity index (χ1n) is 14.4. The van der Waals surface area contributed by atoms with Crippen molar-refractivity contribution in [2.45, 2.75) is 109 Å². The van der Waals surface area contributed by atoms with Gasteiger partial charge in [-0.1, -0.05) is 120 Å². The van der Waals surface area contributed by atoms with Crippen LogP contribution in [0.1, 0.15) is 115 Å². The zero-order chi connectivity index (χ0) is 25.1. The maximum absolute atomic E-state index is 12.5. The van der Waals surface area contributed by atoms with Gasteiger partial charge in [0, 0.05) is 12.3 Å². The molecule has 1 unspecified atom stereocenters. The lowest BCUT2D eigenvalue weighted by Crippen LogP contribution is -2.14. The highest BCUT2D eigenvalue weighted by Gasteiger charge is 2.17. The first-order chi connectivity index (χ1) is 17.1. The molecule has 0 aliphatic heterocycles. The molecule has 3 heteroatoms. The minimum atomic E-state index is -0.0239. The van der Waals surface area contributed by atoms with Crippen LogP contribution in [-0.4, -0.2) is 38.1 Å². The van der Waals surface area contributed by atoms with E-state index in [0.29, 0.717) is 13.0 Å². The van der Waals surface area contributed by atoms with Crippen LogP contribution in [0.25, 0.3) is 10.8 Å². The smallest absolute Gasteiger partial charge is 0.305 e. The van der Waals surface area contributed by atoms with Gasteiger partial charge in [-0.3, -0.25) is 4.79 Å². The summed E-state index contributed by atoms with van der Waals surface area (Å²) in [7, 11) is 4.28. The Labute approximate surface area is 215 Å². The molecular formula is C32H51NO2. The van der Waals surface area contributed by atoms with Crippen molar-refractivity contribution < 1.29 is 9.53 Å². The number of rotatable bonds is 20. The zero-order valence-corrected chi connectivity index (χ0v) is 22.9. The normalized spacial score (nSPS) is 12.3. The largest absolute Gasteiger partial charge is 0.465 e. The van der Waals surface area contributed by atoms with Crippen LogP contribution in [-0.2, 0) is 9.53 Å². The van der Waals surface area contributed by atoms with Crippen molar-refractivity contribution in [3.8, 4) is 0 Å². The van der Waals surface area contributed by atoms with Crippen molar-refractivity contribution in [2.24, 2.45) is 0 Å². The minimum absolute atomic E-state index is 0.0239. The first-order valence-corrected chi connectivity index (χ1v) is 14.4. The van der Waals surface area contributed by atoms with E-state index >= 15 is 0 Å².